The number of likely N-dealkylation sites (tertiary alicyclic amines) is 1. The van der Waals surface area contributed by atoms with Crippen LogP contribution in [0, 0.1) is 5.41 Å². The molecule has 2 aliphatic rings. The molecule has 2 aliphatic heterocycles. The molecule has 2 saturated heterocycles. The van der Waals surface area contributed by atoms with Gasteiger partial charge in [0.25, 0.3) is 0 Å². The number of benzene rings is 1. The summed E-state index contributed by atoms with van der Waals surface area (Å²) in [7, 11) is -1.32. The first kappa shape index (κ1) is 17.4. The Morgan fingerprint density at radius 1 is 1.33 bits per heavy atom. The van der Waals surface area contributed by atoms with Crippen LogP contribution in [-0.4, -0.2) is 58.3 Å². The molecule has 1 aromatic rings. The van der Waals surface area contributed by atoms with Crippen LogP contribution in [0.1, 0.15) is 24.8 Å². The van der Waals surface area contributed by atoms with E-state index in [0.29, 0.717) is 25.7 Å². The van der Waals surface area contributed by atoms with Gasteiger partial charge in [0.1, 0.15) is 6.04 Å². The molecule has 0 radical (unpaired) electrons. The Morgan fingerprint density at radius 3 is 2.75 bits per heavy atom. The van der Waals surface area contributed by atoms with Gasteiger partial charge in [-0.25, -0.2) is 0 Å². The van der Waals surface area contributed by atoms with Crippen molar-refractivity contribution in [2.24, 2.45) is 5.41 Å². The molecule has 0 bridgehead atoms. The van der Waals surface area contributed by atoms with E-state index in [1.165, 1.54) is 5.56 Å². The molecule has 6 nitrogen and oxygen atoms in total. The van der Waals surface area contributed by atoms with Crippen LogP contribution in [0.4, 0.5) is 0 Å². The van der Waals surface area contributed by atoms with Gasteiger partial charge in [0.05, 0.1) is 0 Å². The lowest BCUT2D eigenvalue weighted by atomic mass is 9.70. The Labute approximate surface area is 142 Å². The molecule has 0 saturated carbocycles. The third kappa shape index (κ3) is 3.35. The molecule has 2 heterocycles. The number of carboxylic acids is 1. The number of nitrogens with one attached hydrogen (secondary N) is 1. The molecule has 0 spiro atoms. The second kappa shape index (κ2) is 7.23. The fourth-order valence-electron chi connectivity index (χ4n) is 4.53. The van der Waals surface area contributed by atoms with Crippen LogP contribution in [0.2, 0.25) is 6.32 Å². The molecular formula is C17H25BN2O4. The number of hydrogen-bond acceptors (Lipinski definition) is 5. The van der Waals surface area contributed by atoms with Crippen molar-refractivity contribution in [3.63, 3.8) is 0 Å². The van der Waals surface area contributed by atoms with Gasteiger partial charge < -0.3 is 20.5 Å². The highest BCUT2D eigenvalue weighted by atomic mass is 16.4. The smallest absolute Gasteiger partial charge is 0.451 e. The summed E-state index contributed by atoms with van der Waals surface area (Å²) in [5, 5.41) is 31.0. The lowest BCUT2D eigenvalue weighted by Crippen LogP contribution is -2.46. The molecule has 3 atom stereocenters. The summed E-state index contributed by atoms with van der Waals surface area (Å²) in [6.45, 7) is 2.38. The van der Waals surface area contributed by atoms with Crippen molar-refractivity contribution in [2.75, 3.05) is 13.1 Å². The fourth-order valence-corrected chi connectivity index (χ4v) is 4.53. The van der Waals surface area contributed by atoms with Gasteiger partial charge in [-0.1, -0.05) is 36.8 Å². The van der Waals surface area contributed by atoms with Gasteiger partial charge in [-0.2, -0.15) is 0 Å². The fraction of sp³-hybridized carbons (Fsp3) is 0.588. The second-order valence-electron chi connectivity index (χ2n) is 7.01. The van der Waals surface area contributed by atoms with Crippen LogP contribution >= 0.6 is 0 Å². The largest absolute Gasteiger partial charge is 0.480 e. The average molecular weight is 332 g/mol. The summed E-state index contributed by atoms with van der Waals surface area (Å²) < 4.78 is 0. The molecule has 0 aromatic heterocycles. The van der Waals surface area contributed by atoms with E-state index in [4.69, 9.17) is 10.0 Å². The number of carboxylic acid groups (broad SMARTS) is 1. The van der Waals surface area contributed by atoms with Crippen molar-refractivity contribution >= 4 is 13.1 Å². The average Bonchev–Trinajstić information content (AvgIpc) is 3.06. The Kier molecular flexibility index (Phi) is 5.25. The molecule has 130 valence electrons. The molecule has 3 rings (SSSR count). The van der Waals surface area contributed by atoms with Gasteiger partial charge in [-0.15, -0.1) is 0 Å². The van der Waals surface area contributed by atoms with Crippen molar-refractivity contribution in [3.05, 3.63) is 35.9 Å². The van der Waals surface area contributed by atoms with Crippen LogP contribution < -0.4 is 5.32 Å². The summed E-state index contributed by atoms with van der Waals surface area (Å²) in [6.07, 6.45) is 2.44. The minimum Gasteiger partial charge on any atom is -0.480 e. The molecule has 2 fully saturated rings. The Bertz CT molecular complexity index is 571. The van der Waals surface area contributed by atoms with Gasteiger partial charge in [0, 0.05) is 24.5 Å². The summed E-state index contributed by atoms with van der Waals surface area (Å²) >= 11 is 0. The second-order valence-corrected chi connectivity index (χ2v) is 7.01. The van der Waals surface area contributed by atoms with Crippen molar-refractivity contribution in [1.29, 1.82) is 0 Å². The third-order valence-electron chi connectivity index (χ3n) is 5.64. The van der Waals surface area contributed by atoms with E-state index in [9.17, 15) is 9.90 Å². The van der Waals surface area contributed by atoms with Gasteiger partial charge in [0.15, 0.2) is 0 Å². The molecule has 4 N–H and O–H groups in total. The zero-order chi connectivity index (χ0) is 17.2. The standard InChI is InChI=1S/C17H25BN2O4/c21-16(22)15-17(7-4-9-18(23)24)8-10-20(14(17)11-19-15)12-13-5-2-1-3-6-13/h1-3,5-6,14-15,19,23-24H,4,7-12H2,(H,21,22). The minimum atomic E-state index is -1.32. The summed E-state index contributed by atoms with van der Waals surface area (Å²) in [5.41, 5.74) is 0.910. The zero-order valence-electron chi connectivity index (χ0n) is 13.8. The van der Waals surface area contributed by atoms with Crippen LogP contribution in [-0.2, 0) is 11.3 Å². The van der Waals surface area contributed by atoms with E-state index < -0.39 is 19.1 Å². The minimum absolute atomic E-state index is 0.176. The number of fused-ring (bicyclic) bond motifs is 1. The number of hydrogen-bond donors (Lipinski definition) is 4. The van der Waals surface area contributed by atoms with Crippen LogP contribution in [0.15, 0.2) is 30.3 Å². The lowest BCUT2D eigenvalue weighted by Gasteiger charge is -2.34. The molecule has 7 heteroatoms. The Balaban J connectivity index is 1.75. The van der Waals surface area contributed by atoms with Gasteiger partial charge in [0.2, 0.25) is 0 Å². The highest BCUT2D eigenvalue weighted by Gasteiger charge is 2.57. The number of carbonyl (C=O) groups is 1. The molecule has 0 aliphatic carbocycles. The van der Waals surface area contributed by atoms with Gasteiger partial charge >= 0.3 is 13.1 Å². The molecule has 1 aromatic carbocycles. The van der Waals surface area contributed by atoms with Crippen LogP contribution in [0.3, 0.4) is 0 Å². The van der Waals surface area contributed by atoms with E-state index in [1.807, 2.05) is 18.2 Å². The quantitative estimate of drug-likeness (QED) is 0.545. The SMILES string of the molecule is O=C(O)C1NCC2N(Cc3ccccc3)CCC12CCCB(O)O. The predicted octanol–water partition coefficient (Wildman–Crippen LogP) is 0.557. The highest BCUT2D eigenvalue weighted by molar-refractivity contribution is 6.40. The first-order valence-corrected chi connectivity index (χ1v) is 8.63. The van der Waals surface area contributed by atoms with Crippen LogP contribution in [0.25, 0.3) is 0 Å². The number of rotatable bonds is 7. The van der Waals surface area contributed by atoms with Gasteiger partial charge in [-0.3, -0.25) is 9.69 Å². The Morgan fingerprint density at radius 2 is 2.08 bits per heavy atom. The Hall–Kier alpha value is -1.41. The van der Waals surface area contributed by atoms with Crippen molar-refractivity contribution in [1.82, 2.24) is 10.2 Å². The third-order valence-corrected chi connectivity index (χ3v) is 5.64. The molecule has 24 heavy (non-hydrogen) atoms. The van der Waals surface area contributed by atoms with E-state index in [-0.39, 0.29) is 11.5 Å². The summed E-state index contributed by atoms with van der Waals surface area (Å²) in [5.74, 6) is -0.802. The van der Waals surface area contributed by atoms with E-state index >= 15 is 0 Å². The van der Waals surface area contributed by atoms with Crippen molar-refractivity contribution < 1.29 is 19.9 Å². The van der Waals surface area contributed by atoms with Crippen molar-refractivity contribution in [3.8, 4) is 0 Å². The maximum Gasteiger partial charge on any atom is 0.451 e. The first-order valence-electron chi connectivity index (χ1n) is 8.63. The normalized spacial score (nSPS) is 29.6. The van der Waals surface area contributed by atoms with E-state index in [2.05, 4.69) is 22.3 Å². The monoisotopic (exact) mass is 332 g/mol. The zero-order valence-corrected chi connectivity index (χ0v) is 13.8. The lowest BCUT2D eigenvalue weighted by molar-refractivity contribution is -0.142. The predicted molar refractivity (Wildman–Crippen MR) is 91.3 cm³/mol. The van der Waals surface area contributed by atoms with Gasteiger partial charge in [-0.05, 0) is 31.3 Å². The summed E-state index contributed by atoms with van der Waals surface area (Å²) in [6, 6.07) is 9.85. The van der Waals surface area contributed by atoms with E-state index in [0.717, 1.165) is 19.5 Å². The number of nitrogens with zero attached hydrogens (tertiary/aromatic N) is 1. The number of aliphatic carboxylic acids is 1. The first-order chi connectivity index (χ1) is 11.5. The maximum absolute atomic E-state index is 11.7. The van der Waals surface area contributed by atoms with E-state index in [1.54, 1.807) is 0 Å². The molecular weight excluding hydrogens is 307 g/mol. The maximum atomic E-state index is 11.7. The highest BCUT2D eigenvalue weighted by Crippen LogP contribution is 2.48. The topological polar surface area (TPSA) is 93.0 Å². The van der Waals surface area contributed by atoms with Crippen molar-refractivity contribution in [2.45, 2.75) is 44.2 Å². The molecule has 3 unspecified atom stereocenters. The molecule has 0 amide bonds. The van der Waals surface area contributed by atoms with Crippen LogP contribution in [0.5, 0.6) is 0 Å². The summed E-state index contributed by atoms with van der Waals surface area (Å²) in [4.78, 5) is 14.1.